The summed E-state index contributed by atoms with van der Waals surface area (Å²) in [7, 11) is -4.02. The van der Waals surface area contributed by atoms with Crippen LogP contribution in [0, 0.1) is 6.92 Å². The number of hydrogen-bond acceptors (Lipinski definition) is 5. The van der Waals surface area contributed by atoms with Crippen LogP contribution in [0.1, 0.15) is 43.0 Å². The predicted octanol–water partition coefficient (Wildman–Crippen LogP) is 4.48. The number of benzene rings is 2. The summed E-state index contributed by atoms with van der Waals surface area (Å²) in [6.07, 6.45) is -2.12. The molecule has 0 aliphatic carbocycles. The first-order valence-electron chi connectivity index (χ1n) is 10.7. The minimum atomic E-state index is -4.59. The van der Waals surface area contributed by atoms with E-state index in [0.29, 0.717) is 5.56 Å². The Morgan fingerprint density at radius 1 is 0.914 bits per heavy atom. The van der Waals surface area contributed by atoms with Crippen molar-refractivity contribution in [1.82, 2.24) is 19.2 Å². The zero-order valence-electron chi connectivity index (χ0n) is 19.5. The fourth-order valence-corrected chi connectivity index (χ4v) is 5.51. The highest BCUT2D eigenvalue weighted by Crippen LogP contribution is 2.34. The first-order chi connectivity index (χ1) is 16.2. The van der Waals surface area contributed by atoms with Gasteiger partial charge < -0.3 is 0 Å². The second kappa shape index (κ2) is 8.33. The van der Waals surface area contributed by atoms with Crippen molar-refractivity contribution in [1.29, 1.82) is 0 Å². The first kappa shape index (κ1) is 24.6. The van der Waals surface area contributed by atoms with E-state index in [1.807, 2.05) is 32.9 Å². The predicted molar refractivity (Wildman–Crippen MR) is 124 cm³/mol. The molecular formula is C24H23F3N4O3S. The number of aromatic nitrogens is 4. The van der Waals surface area contributed by atoms with Gasteiger partial charge in [0.25, 0.3) is 5.16 Å². The summed E-state index contributed by atoms with van der Waals surface area (Å²) in [5, 5.41) is 7.11. The minimum Gasteiger partial charge on any atom is -0.279 e. The van der Waals surface area contributed by atoms with Crippen LogP contribution in [0.4, 0.5) is 13.2 Å². The van der Waals surface area contributed by atoms with Gasteiger partial charge in [-0.25, -0.2) is 8.42 Å². The highest BCUT2D eigenvalue weighted by atomic mass is 32.2. The lowest BCUT2D eigenvalue weighted by Crippen LogP contribution is -2.23. The van der Waals surface area contributed by atoms with Crippen molar-refractivity contribution in [3.8, 4) is 5.69 Å². The Labute approximate surface area is 199 Å². The SMILES string of the molecule is Cc1c(-n2ccn3c(S(=O)(=O)Cc4ccccc4C(C)(C)C)nnc3c2=O)cccc1C(F)(F)F. The van der Waals surface area contributed by atoms with Crippen LogP contribution in [0.5, 0.6) is 0 Å². The van der Waals surface area contributed by atoms with Crippen molar-refractivity contribution in [2.24, 2.45) is 0 Å². The van der Waals surface area contributed by atoms with E-state index in [9.17, 15) is 26.4 Å². The minimum absolute atomic E-state index is 0.0128. The van der Waals surface area contributed by atoms with Crippen LogP contribution < -0.4 is 5.56 Å². The van der Waals surface area contributed by atoms with E-state index >= 15 is 0 Å². The standard InChI is InChI=1S/C24H23F3N4O3S/c1-15-17(24(25,26)27)10-7-11-19(15)30-12-13-31-20(21(30)32)28-29-22(31)35(33,34)14-16-8-5-6-9-18(16)23(2,3)4/h5-13H,14H2,1-4H3. The van der Waals surface area contributed by atoms with Gasteiger partial charge in [0.1, 0.15) is 0 Å². The van der Waals surface area contributed by atoms with Gasteiger partial charge in [0.05, 0.1) is 17.0 Å². The summed E-state index contributed by atoms with van der Waals surface area (Å²) in [5.41, 5.74) is -0.939. The van der Waals surface area contributed by atoms with E-state index < -0.39 is 32.3 Å². The monoisotopic (exact) mass is 504 g/mol. The van der Waals surface area contributed by atoms with Crippen molar-refractivity contribution in [2.75, 3.05) is 0 Å². The molecule has 4 rings (SSSR count). The van der Waals surface area contributed by atoms with Crippen LogP contribution in [0.3, 0.4) is 0 Å². The van der Waals surface area contributed by atoms with E-state index in [0.717, 1.165) is 20.6 Å². The van der Waals surface area contributed by atoms with Crippen molar-refractivity contribution in [3.63, 3.8) is 0 Å². The van der Waals surface area contributed by atoms with Gasteiger partial charge in [-0.15, -0.1) is 10.2 Å². The Balaban J connectivity index is 1.81. The topological polar surface area (TPSA) is 86.3 Å². The Hall–Kier alpha value is -3.47. The van der Waals surface area contributed by atoms with E-state index in [2.05, 4.69) is 10.2 Å². The normalized spacial score (nSPS) is 12.9. The highest BCUT2D eigenvalue weighted by molar-refractivity contribution is 7.90. The summed E-state index contributed by atoms with van der Waals surface area (Å²) >= 11 is 0. The Bertz CT molecular complexity index is 1600. The van der Waals surface area contributed by atoms with Gasteiger partial charge in [-0.2, -0.15) is 13.2 Å². The molecule has 0 atom stereocenters. The van der Waals surface area contributed by atoms with Crippen LogP contribution in [0.2, 0.25) is 0 Å². The molecule has 35 heavy (non-hydrogen) atoms. The van der Waals surface area contributed by atoms with Crippen LogP contribution in [0.15, 0.2) is 64.8 Å². The van der Waals surface area contributed by atoms with Crippen molar-refractivity contribution in [2.45, 2.75) is 50.2 Å². The number of sulfone groups is 1. The fourth-order valence-electron chi connectivity index (χ4n) is 4.11. The van der Waals surface area contributed by atoms with Gasteiger partial charge in [-0.3, -0.25) is 13.8 Å². The maximum absolute atomic E-state index is 13.3. The molecule has 0 bridgehead atoms. The molecule has 2 aromatic heterocycles. The van der Waals surface area contributed by atoms with Crippen molar-refractivity contribution in [3.05, 3.63) is 87.5 Å². The van der Waals surface area contributed by atoms with Crippen LogP contribution in [-0.2, 0) is 27.2 Å². The van der Waals surface area contributed by atoms with Gasteiger partial charge in [0.15, 0.2) is 0 Å². The van der Waals surface area contributed by atoms with Crippen LogP contribution in [0.25, 0.3) is 11.3 Å². The van der Waals surface area contributed by atoms with Crippen LogP contribution >= 0.6 is 0 Å². The highest BCUT2D eigenvalue weighted by Gasteiger charge is 2.33. The van der Waals surface area contributed by atoms with E-state index in [-0.39, 0.29) is 28.1 Å². The average Bonchev–Trinajstić information content (AvgIpc) is 3.19. The third kappa shape index (κ3) is 4.47. The molecule has 2 aromatic carbocycles. The summed E-state index contributed by atoms with van der Waals surface area (Å²) in [6, 6.07) is 10.7. The molecule has 7 nitrogen and oxygen atoms in total. The summed E-state index contributed by atoms with van der Waals surface area (Å²) < 4.78 is 68.6. The third-order valence-corrected chi connectivity index (χ3v) is 7.28. The Morgan fingerprint density at radius 2 is 1.57 bits per heavy atom. The molecule has 0 unspecified atom stereocenters. The van der Waals surface area contributed by atoms with E-state index in [1.54, 1.807) is 12.1 Å². The van der Waals surface area contributed by atoms with Gasteiger partial charge in [-0.05, 0) is 41.2 Å². The van der Waals surface area contributed by atoms with E-state index in [4.69, 9.17) is 0 Å². The molecule has 0 saturated heterocycles. The van der Waals surface area contributed by atoms with Gasteiger partial charge in [0.2, 0.25) is 15.5 Å². The Kier molecular flexibility index (Phi) is 5.87. The molecule has 0 aliphatic rings. The summed E-state index contributed by atoms with van der Waals surface area (Å²) in [5.74, 6) is -0.350. The zero-order chi connectivity index (χ0) is 25.8. The number of rotatable bonds is 4. The van der Waals surface area contributed by atoms with Crippen LogP contribution in [-0.4, -0.2) is 27.6 Å². The second-order valence-electron chi connectivity index (χ2n) is 9.26. The van der Waals surface area contributed by atoms with Gasteiger partial charge in [-0.1, -0.05) is 51.1 Å². The fraction of sp³-hybridized carbons (Fsp3) is 0.292. The molecule has 11 heteroatoms. The lowest BCUT2D eigenvalue weighted by molar-refractivity contribution is -0.138. The molecule has 4 aromatic rings. The molecular weight excluding hydrogens is 481 g/mol. The first-order valence-corrected chi connectivity index (χ1v) is 12.3. The number of fused-ring (bicyclic) bond motifs is 1. The van der Waals surface area contributed by atoms with E-state index in [1.165, 1.54) is 31.5 Å². The lowest BCUT2D eigenvalue weighted by atomic mass is 9.84. The van der Waals surface area contributed by atoms with Gasteiger partial charge >= 0.3 is 11.7 Å². The lowest BCUT2D eigenvalue weighted by Gasteiger charge is -2.22. The largest absolute Gasteiger partial charge is 0.416 e. The second-order valence-corrected chi connectivity index (χ2v) is 11.1. The quantitative estimate of drug-likeness (QED) is 0.409. The zero-order valence-corrected chi connectivity index (χ0v) is 20.3. The number of alkyl halides is 3. The summed E-state index contributed by atoms with van der Waals surface area (Å²) in [4.78, 5) is 13.1. The maximum atomic E-state index is 13.3. The molecule has 0 amide bonds. The summed E-state index contributed by atoms with van der Waals surface area (Å²) in [6.45, 7) is 7.19. The molecule has 2 heterocycles. The molecule has 0 N–H and O–H groups in total. The smallest absolute Gasteiger partial charge is 0.279 e. The van der Waals surface area contributed by atoms with Crippen molar-refractivity contribution < 1.29 is 21.6 Å². The molecule has 0 spiro atoms. The maximum Gasteiger partial charge on any atom is 0.416 e. The number of halogens is 3. The molecule has 0 aliphatic heterocycles. The Morgan fingerprint density at radius 3 is 2.23 bits per heavy atom. The average molecular weight is 505 g/mol. The van der Waals surface area contributed by atoms with Gasteiger partial charge in [0, 0.05) is 12.4 Å². The molecule has 0 radical (unpaired) electrons. The molecule has 0 saturated carbocycles. The van der Waals surface area contributed by atoms with Crippen molar-refractivity contribution >= 4 is 15.5 Å². The number of hydrogen-bond donors (Lipinski definition) is 0. The molecule has 184 valence electrons. The third-order valence-electron chi connectivity index (χ3n) is 5.76. The number of nitrogens with zero attached hydrogens (tertiary/aromatic N) is 4. The molecule has 0 fully saturated rings.